The van der Waals surface area contributed by atoms with Crippen LogP contribution in [0.1, 0.15) is 11.3 Å². The Kier molecular flexibility index (Phi) is 4.06. The highest BCUT2D eigenvalue weighted by Crippen LogP contribution is 2.17. The number of hydrogen-bond donors (Lipinski definition) is 1. The molecule has 1 heterocycles. The van der Waals surface area contributed by atoms with Gasteiger partial charge in [0.15, 0.2) is 5.43 Å². The Bertz CT molecular complexity index is 814. The Morgan fingerprint density at radius 2 is 1.81 bits per heavy atom. The largest absolute Gasteiger partial charge is 0.357 e. The maximum atomic E-state index is 13.2. The molecule has 1 aromatic heterocycles. The van der Waals surface area contributed by atoms with E-state index in [1.165, 1.54) is 17.7 Å². The lowest BCUT2D eigenvalue weighted by atomic mass is 10.2. The molecule has 0 fully saturated rings. The van der Waals surface area contributed by atoms with Crippen molar-refractivity contribution in [2.24, 2.45) is 0 Å². The first-order valence-electron chi connectivity index (χ1n) is 6.65. The minimum atomic E-state index is -0.390. The normalized spacial score (nSPS) is 10.9. The van der Waals surface area contributed by atoms with Gasteiger partial charge < -0.3 is 4.98 Å². The van der Waals surface area contributed by atoms with E-state index in [2.05, 4.69) is 17.1 Å². The molecule has 0 unspecified atom stereocenters. The van der Waals surface area contributed by atoms with E-state index in [-0.39, 0.29) is 11.2 Å². The van der Waals surface area contributed by atoms with E-state index in [0.29, 0.717) is 10.9 Å². The van der Waals surface area contributed by atoms with E-state index in [4.69, 9.17) is 0 Å². The van der Waals surface area contributed by atoms with Gasteiger partial charge in [-0.2, -0.15) is 11.8 Å². The summed E-state index contributed by atoms with van der Waals surface area (Å²) in [6.07, 6.45) is 0. The molecule has 0 aliphatic heterocycles. The molecule has 4 heteroatoms. The standard InChI is InChI=1S/C17H14FNOS/c18-13-6-7-16-15(8-13)17(20)9-14(19-16)11-21-10-12-4-2-1-3-5-12/h1-9H,10-11H2,(H,19,20). The second kappa shape index (κ2) is 6.14. The Balaban J connectivity index is 1.76. The third-order valence-corrected chi connectivity index (χ3v) is 4.27. The average molecular weight is 299 g/mol. The van der Waals surface area contributed by atoms with Crippen LogP contribution in [0.2, 0.25) is 0 Å². The van der Waals surface area contributed by atoms with Crippen molar-refractivity contribution >= 4 is 22.7 Å². The van der Waals surface area contributed by atoms with Gasteiger partial charge in [-0.3, -0.25) is 4.79 Å². The molecule has 2 nitrogen and oxygen atoms in total. The van der Waals surface area contributed by atoms with E-state index < -0.39 is 0 Å². The molecule has 0 saturated carbocycles. The van der Waals surface area contributed by atoms with Gasteiger partial charge in [0.05, 0.1) is 0 Å². The Labute approximate surface area is 126 Å². The van der Waals surface area contributed by atoms with Crippen LogP contribution >= 0.6 is 11.8 Å². The number of rotatable bonds is 4. The Morgan fingerprint density at radius 1 is 1.00 bits per heavy atom. The van der Waals surface area contributed by atoms with Crippen molar-refractivity contribution in [1.82, 2.24) is 4.98 Å². The molecule has 0 radical (unpaired) electrons. The Hall–Kier alpha value is -2.07. The monoisotopic (exact) mass is 299 g/mol. The maximum Gasteiger partial charge on any atom is 0.189 e. The number of hydrogen-bond acceptors (Lipinski definition) is 2. The van der Waals surface area contributed by atoms with Crippen molar-refractivity contribution in [3.8, 4) is 0 Å². The second-order valence-electron chi connectivity index (χ2n) is 4.83. The summed E-state index contributed by atoms with van der Waals surface area (Å²) in [4.78, 5) is 15.2. The smallest absolute Gasteiger partial charge is 0.189 e. The zero-order valence-corrected chi connectivity index (χ0v) is 12.1. The van der Waals surface area contributed by atoms with E-state index in [1.807, 2.05) is 18.2 Å². The first-order chi connectivity index (χ1) is 10.2. The zero-order valence-electron chi connectivity index (χ0n) is 11.3. The summed E-state index contributed by atoms with van der Waals surface area (Å²) in [5.41, 5.74) is 2.66. The third-order valence-electron chi connectivity index (χ3n) is 3.22. The minimum Gasteiger partial charge on any atom is -0.357 e. The van der Waals surface area contributed by atoms with Crippen LogP contribution in [0, 0.1) is 5.82 Å². The van der Waals surface area contributed by atoms with Gasteiger partial charge >= 0.3 is 0 Å². The predicted octanol–water partition coefficient (Wildman–Crippen LogP) is 4.10. The molecule has 0 aliphatic rings. The van der Waals surface area contributed by atoms with Crippen molar-refractivity contribution < 1.29 is 4.39 Å². The maximum absolute atomic E-state index is 13.2. The molecular formula is C17H14FNOS. The minimum absolute atomic E-state index is 0.140. The van der Waals surface area contributed by atoms with Crippen molar-refractivity contribution in [1.29, 1.82) is 0 Å². The van der Waals surface area contributed by atoms with Gasteiger partial charge in [0.1, 0.15) is 5.82 Å². The van der Waals surface area contributed by atoms with Crippen LogP contribution in [0.5, 0.6) is 0 Å². The fraction of sp³-hybridized carbons (Fsp3) is 0.118. The average Bonchev–Trinajstić information content (AvgIpc) is 2.49. The lowest BCUT2D eigenvalue weighted by molar-refractivity contribution is 0.629. The highest BCUT2D eigenvalue weighted by molar-refractivity contribution is 7.97. The molecule has 106 valence electrons. The fourth-order valence-electron chi connectivity index (χ4n) is 2.21. The van der Waals surface area contributed by atoms with E-state index in [9.17, 15) is 9.18 Å². The van der Waals surface area contributed by atoms with Gasteiger partial charge in [-0.15, -0.1) is 0 Å². The number of fused-ring (bicyclic) bond motifs is 1. The fourth-order valence-corrected chi connectivity index (χ4v) is 3.11. The van der Waals surface area contributed by atoms with E-state index >= 15 is 0 Å². The molecule has 1 N–H and O–H groups in total. The molecule has 3 aromatic rings. The number of nitrogens with one attached hydrogen (secondary N) is 1. The number of H-pyrrole nitrogens is 1. The van der Waals surface area contributed by atoms with Gasteiger partial charge in [-0.1, -0.05) is 30.3 Å². The first kappa shape index (κ1) is 13.9. The van der Waals surface area contributed by atoms with Crippen molar-refractivity contribution in [2.75, 3.05) is 0 Å². The van der Waals surface area contributed by atoms with Crippen molar-refractivity contribution in [2.45, 2.75) is 11.5 Å². The molecule has 0 bridgehead atoms. The van der Waals surface area contributed by atoms with Crippen LogP contribution in [-0.2, 0) is 11.5 Å². The van der Waals surface area contributed by atoms with E-state index in [1.54, 1.807) is 23.9 Å². The van der Waals surface area contributed by atoms with Crippen LogP contribution in [0.15, 0.2) is 59.4 Å². The van der Waals surface area contributed by atoms with E-state index in [0.717, 1.165) is 17.2 Å². The zero-order chi connectivity index (χ0) is 14.7. The molecule has 0 atom stereocenters. The molecule has 0 amide bonds. The number of halogens is 1. The molecule has 0 aliphatic carbocycles. The molecule has 0 saturated heterocycles. The van der Waals surface area contributed by atoms with Crippen LogP contribution in [0.25, 0.3) is 10.9 Å². The number of aromatic nitrogens is 1. The topological polar surface area (TPSA) is 32.9 Å². The lowest BCUT2D eigenvalue weighted by Gasteiger charge is -2.05. The highest BCUT2D eigenvalue weighted by Gasteiger charge is 2.04. The summed E-state index contributed by atoms with van der Waals surface area (Å²) in [6.45, 7) is 0. The summed E-state index contributed by atoms with van der Waals surface area (Å²) in [5.74, 6) is 1.22. The van der Waals surface area contributed by atoms with Crippen LogP contribution < -0.4 is 5.43 Å². The number of benzene rings is 2. The van der Waals surface area contributed by atoms with Gasteiger partial charge in [-0.05, 0) is 23.8 Å². The number of thioether (sulfide) groups is 1. The van der Waals surface area contributed by atoms with Crippen molar-refractivity contribution in [3.05, 3.63) is 81.9 Å². The van der Waals surface area contributed by atoms with Crippen LogP contribution in [-0.4, -0.2) is 4.98 Å². The second-order valence-corrected chi connectivity index (χ2v) is 5.81. The third kappa shape index (κ3) is 3.34. The van der Waals surface area contributed by atoms with Gasteiger partial charge in [0.25, 0.3) is 0 Å². The SMILES string of the molecule is O=c1cc(CSCc2ccccc2)[nH]c2ccc(F)cc12. The summed E-state index contributed by atoms with van der Waals surface area (Å²) < 4.78 is 13.2. The number of pyridine rings is 1. The predicted molar refractivity (Wildman–Crippen MR) is 86.0 cm³/mol. The summed E-state index contributed by atoms with van der Waals surface area (Å²) in [6, 6.07) is 16.0. The summed E-state index contributed by atoms with van der Waals surface area (Å²) >= 11 is 1.74. The molecular weight excluding hydrogens is 285 g/mol. The first-order valence-corrected chi connectivity index (χ1v) is 7.81. The highest BCUT2D eigenvalue weighted by atomic mass is 32.2. The Morgan fingerprint density at radius 3 is 2.62 bits per heavy atom. The molecule has 2 aromatic carbocycles. The molecule has 21 heavy (non-hydrogen) atoms. The van der Waals surface area contributed by atoms with Gasteiger partial charge in [0.2, 0.25) is 0 Å². The van der Waals surface area contributed by atoms with Crippen LogP contribution in [0.4, 0.5) is 4.39 Å². The quantitative estimate of drug-likeness (QED) is 0.786. The molecule has 0 spiro atoms. The van der Waals surface area contributed by atoms with Crippen molar-refractivity contribution in [3.63, 3.8) is 0 Å². The summed E-state index contributed by atoms with van der Waals surface area (Å²) in [5, 5.41) is 0.395. The van der Waals surface area contributed by atoms with Gasteiger partial charge in [-0.25, -0.2) is 4.39 Å². The number of aromatic amines is 1. The summed E-state index contributed by atoms with van der Waals surface area (Å²) in [7, 11) is 0. The molecule has 3 rings (SSSR count). The van der Waals surface area contributed by atoms with Crippen LogP contribution in [0.3, 0.4) is 0 Å². The van der Waals surface area contributed by atoms with Gasteiger partial charge in [0, 0.05) is 34.2 Å². The lowest BCUT2D eigenvalue weighted by Crippen LogP contribution is -2.05.